The number of hydrogen-bond acceptors (Lipinski definition) is 4. The van der Waals surface area contributed by atoms with Gasteiger partial charge in [-0.3, -0.25) is 4.79 Å². The van der Waals surface area contributed by atoms with Crippen LogP contribution in [0.2, 0.25) is 0 Å². The molecule has 0 radical (unpaired) electrons. The summed E-state index contributed by atoms with van der Waals surface area (Å²) in [7, 11) is 0. The zero-order valence-electron chi connectivity index (χ0n) is 13.4. The molecule has 0 unspecified atom stereocenters. The van der Waals surface area contributed by atoms with Crippen LogP contribution in [-0.4, -0.2) is 25.3 Å². The largest absolute Gasteiger partial charge is 0.494 e. The molecule has 2 aromatic carbocycles. The van der Waals surface area contributed by atoms with Gasteiger partial charge in [0.15, 0.2) is 6.61 Å². The molecule has 6 heteroatoms. The highest BCUT2D eigenvalue weighted by molar-refractivity contribution is 9.10. The van der Waals surface area contributed by atoms with Crippen LogP contribution in [0.15, 0.2) is 58.1 Å². The first-order valence-corrected chi connectivity index (χ1v) is 8.40. The molecule has 0 aromatic heterocycles. The molecule has 0 fully saturated rings. The van der Waals surface area contributed by atoms with E-state index in [0.29, 0.717) is 12.4 Å². The lowest BCUT2D eigenvalue weighted by atomic mass is 10.2. The number of carbonyl (C=O) groups excluding carboxylic acids is 1. The molecule has 126 valence electrons. The van der Waals surface area contributed by atoms with Crippen LogP contribution in [0, 0.1) is 0 Å². The fraction of sp³-hybridized carbons (Fsp3) is 0.222. The Hall–Kier alpha value is -2.34. The maximum atomic E-state index is 11.7. The number of carbonyl (C=O) groups is 1. The van der Waals surface area contributed by atoms with Crippen LogP contribution in [0.3, 0.4) is 0 Å². The number of halogens is 1. The molecule has 24 heavy (non-hydrogen) atoms. The van der Waals surface area contributed by atoms with Crippen molar-refractivity contribution in [2.24, 2.45) is 5.10 Å². The minimum atomic E-state index is -0.322. The maximum Gasteiger partial charge on any atom is 0.277 e. The third-order valence-electron chi connectivity index (χ3n) is 2.94. The van der Waals surface area contributed by atoms with Crippen LogP contribution in [-0.2, 0) is 4.79 Å². The Bertz CT molecular complexity index is 670. The fourth-order valence-electron chi connectivity index (χ4n) is 1.76. The Labute approximate surface area is 149 Å². The zero-order chi connectivity index (χ0) is 17.2. The minimum Gasteiger partial charge on any atom is -0.494 e. The zero-order valence-corrected chi connectivity index (χ0v) is 15.0. The summed E-state index contributed by atoms with van der Waals surface area (Å²) in [6.45, 7) is 2.66. The van der Waals surface area contributed by atoms with Crippen molar-refractivity contribution in [3.8, 4) is 11.5 Å². The summed E-state index contributed by atoms with van der Waals surface area (Å²) in [6, 6.07) is 14.7. The Morgan fingerprint density at radius 3 is 2.38 bits per heavy atom. The van der Waals surface area contributed by atoms with E-state index in [4.69, 9.17) is 9.47 Å². The number of amides is 1. The smallest absolute Gasteiger partial charge is 0.277 e. The molecule has 0 aliphatic carbocycles. The van der Waals surface area contributed by atoms with Gasteiger partial charge in [0.2, 0.25) is 0 Å². The SMILES string of the molecule is CCCOc1ccc(/C=N/NC(=O)COc2ccc(Br)cc2)cc1. The van der Waals surface area contributed by atoms with Crippen molar-refractivity contribution in [3.63, 3.8) is 0 Å². The highest BCUT2D eigenvalue weighted by Crippen LogP contribution is 2.15. The molecule has 5 nitrogen and oxygen atoms in total. The van der Waals surface area contributed by atoms with Gasteiger partial charge in [0.05, 0.1) is 12.8 Å². The lowest BCUT2D eigenvalue weighted by Gasteiger charge is -2.05. The van der Waals surface area contributed by atoms with Crippen LogP contribution in [0.1, 0.15) is 18.9 Å². The normalized spacial score (nSPS) is 10.6. The van der Waals surface area contributed by atoms with Crippen molar-refractivity contribution < 1.29 is 14.3 Å². The first-order valence-electron chi connectivity index (χ1n) is 7.60. The van der Waals surface area contributed by atoms with Crippen molar-refractivity contribution in [1.29, 1.82) is 0 Å². The molecule has 2 aromatic rings. The highest BCUT2D eigenvalue weighted by Gasteiger charge is 2.01. The number of ether oxygens (including phenoxy) is 2. The third kappa shape index (κ3) is 6.42. The van der Waals surface area contributed by atoms with E-state index in [1.54, 1.807) is 18.3 Å². The van der Waals surface area contributed by atoms with Gasteiger partial charge >= 0.3 is 0 Å². The molecule has 0 bridgehead atoms. The molecule has 1 N–H and O–H groups in total. The van der Waals surface area contributed by atoms with Gasteiger partial charge in [-0.2, -0.15) is 5.10 Å². The number of benzene rings is 2. The second-order valence-electron chi connectivity index (χ2n) is 4.95. The van der Waals surface area contributed by atoms with E-state index >= 15 is 0 Å². The molecule has 0 aliphatic heterocycles. The monoisotopic (exact) mass is 390 g/mol. The Morgan fingerprint density at radius 2 is 1.71 bits per heavy atom. The molecule has 0 saturated heterocycles. The second kappa shape index (κ2) is 9.72. The van der Waals surface area contributed by atoms with Crippen LogP contribution >= 0.6 is 15.9 Å². The first kappa shape index (κ1) is 18.0. The summed E-state index contributed by atoms with van der Waals surface area (Å²) in [5.74, 6) is 1.12. The van der Waals surface area contributed by atoms with Gasteiger partial charge in [0, 0.05) is 4.47 Å². The predicted molar refractivity (Wildman–Crippen MR) is 97.6 cm³/mol. The Balaban J connectivity index is 1.74. The van der Waals surface area contributed by atoms with Gasteiger partial charge in [-0.05, 0) is 60.5 Å². The van der Waals surface area contributed by atoms with Crippen LogP contribution in [0.5, 0.6) is 11.5 Å². The van der Waals surface area contributed by atoms with Gasteiger partial charge in [0.25, 0.3) is 5.91 Å². The fourth-order valence-corrected chi connectivity index (χ4v) is 2.03. The van der Waals surface area contributed by atoms with E-state index in [-0.39, 0.29) is 12.5 Å². The summed E-state index contributed by atoms with van der Waals surface area (Å²) in [5, 5.41) is 3.91. The average molecular weight is 391 g/mol. The Kier molecular flexibility index (Phi) is 7.29. The van der Waals surface area contributed by atoms with E-state index < -0.39 is 0 Å². The topological polar surface area (TPSA) is 59.9 Å². The van der Waals surface area contributed by atoms with Crippen molar-refractivity contribution in [2.75, 3.05) is 13.2 Å². The third-order valence-corrected chi connectivity index (χ3v) is 3.47. The number of rotatable bonds is 8. The van der Waals surface area contributed by atoms with Gasteiger partial charge in [-0.15, -0.1) is 0 Å². The molecule has 0 saturated carbocycles. The van der Waals surface area contributed by atoms with Gasteiger partial charge in [0.1, 0.15) is 11.5 Å². The van der Waals surface area contributed by atoms with Gasteiger partial charge in [-0.25, -0.2) is 5.43 Å². The van der Waals surface area contributed by atoms with Crippen molar-refractivity contribution in [3.05, 3.63) is 58.6 Å². The quantitative estimate of drug-likeness (QED) is 0.551. The number of nitrogens with one attached hydrogen (secondary N) is 1. The molecule has 0 heterocycles. The lowest BCUT2D eigenvalue weighted by molar-refractivity contribution is -0.123. The summed E-state index contributed by atoms with van der Waals surface area (Å²) in [4.78, 5) is 11.7. The maximum absolute atomic E-state index is 11.7. The molecular formula is C18H19BrN2O3. The van der Waals surface area contributed by atoms with E-state index in [1.165, 1.54) is 0 Å². The first-order chi connectivity index (χ1) is 11.7. The summed E-state index contributed by atoms with van der Waals surface area (Å²) >= 11 is 3.34. The average Bonchev–Trinajstić information content (AvgIpc) is 2.60. The van der Waals surface area contributed by atoms with Crippen LogP contribution in [0.25, 0.3) is 0 Å². The van der Waals surface area contributed by atoms with Crippen molar-refractivity contribution in [1.82, 2.24) is 5.43 Å². The number of hydrazone groups is 1. The van der Waals surface area contributed by atoms with E-state index in [1.807, 2.05) is 36.4 Å². The number of hydrogen-bond donors (Lipinski definition) is 1. The molecule has 0 atom stereocenters. The molecule has 2 rings (SSSR count). The minimum absolute atomic E-state index is 0.0945. The van der Waals surface area contributed by atoms with Crippen molar-refractivity contribution in [2.45, 2.75) is 13.3 Å². The standard InChI is InChI=1S/C18H19BrN2O3/c1-2-11-23-16-7-3-14(4-8-16)12-20-21-18(22)13-24-17-9-5-15(19)6-10-17/h3-10,12H,2,11,13H2,1H3,(H,21,22)/b20-12+. The lowest BCUT2D eigenvalue weighted by Crippen LogP contribution is -2.24. The highest BCUT2D eigenvalue weighted by atomic mass is 79.9. The van der Waals surface area contributed by atoms with Crippen molar-refractivity contribution >= 4 is 28.1 Å². The van der Waals surface area contributed by atoms with E-state index in [0.717, 1.165) is 22.2 Å². The molecule has 0 spiro atoms. The summed E-state index contributed by atoms with van der Waals surface area (Å²) in [6.07, 6.45) is 2.54. The predicted octanol–water partition coefficient (Wildman–Crippen LogP) is 3.77. The molecule has 0 aliphatic rings. The van der Waals surface area contributed by atoms with Crippen LogP contribution < -0.4 is 14.9 Å². The Morgan fingerprint density at radius 1 is 1.08 bits per heavy atom. The van der Waals surface area contributed by atoms with Crippen LogP contribution in [0.4, 0.5) is 0 Å². The van der Waals surface area contributed by atoms with Gasteiger partial charge < -0.3 is 9.47 Å². The summed E-state index contributed by atoms with van der Waals surface area (Å²) < 4.78 is 11.8. The van der Waals surface area contributed by atoms with Gasteiger partial charge in [-0.1, -0.05) is 22.9 Å². The second-order valence-corrected chi connectivity index (χ2v) is 5.87. The molecule has 1 amide bonds. The van der Waals surface area contributed by atoms with E-state index in [2.05, 4.69) is 33.4 Å². The summed E-state index contributed by atoms with van der Waals surface area (Å²) in [5.41, 5.74) is 3.30. The van der Waals surface area contributed by atoms with E-state index in [9.17, 15) is 4.79 Å². The molecular weight excluding hydrogens is 372 g/mol. The number of nitrogens with zero attached hydrogens (tertiary/aromatic N) is 1.